The second-order valence-corrected chi connectivity index (χ2v) is 12.1. The van der Waals surface area contributed by atoms with Crippen LogP contribution in [-0.2, 0) is 26.0 Å². The van der Waals surface area contributed by atoms with Crippen LogP contribution in [0.5, 0.6) is 0 Å². The molecule has 2 aliphatic heterocycles. The van der Waals surface area contributed by atoms with Gasteiger partial charge in [0.15, 0.2) is 0 Å². The van der Waals surface area contributed by atoms with Crippen molar-refractivity contribution >= 4 is 15.9 Å². The van der Waals surface area contributed by atoms with Gasteiger partial charge in [0.1, 0.15) is 6.10 Å². The SMILES string of the molecule is O=C(C1CCO1)N1CC2(CC2)[C@H](NS(=O)(=O)C2CC2)[C@@H]1Cc1cccc(-c2ccccc2)c1. The number of benzene rings is 2. The van der Waals surface area contributed by atoms with Crippen molar-refractivity contribution in [2.75, 3.05) is 13.2 Å². The maximum Gasteiger partial charge on any atom is 0.252 e. The lowest BCUT2D eigenvalue weighted by Crippen LogP contribution is -2.53. The highest BCUT2D eigenvalue weighted by Gasteiger charge is 2.62. The third-order valence-electron chi connectivity index (χ3n) is 7.81. The molecule has 1 spiro atoms. The van der Waals surface area contributed by atoms with Crippen LogP contribution in [0.2, 0.25) is 0 Å². The molecule has 33 heavy (non-hydrogen) atoms. The zero-order valence-electron chi connectivity index (χ0n) is 18.7. The molecule has 6 nitrogen and oxygen atoms in total. The van der Waals surface area contributed by atoms with Gasteiger partial charge in [0.2, 0.25) is 10.0 Å². The molecule has 6 rings (SSSR count). The van der Waals surface area contributed by atoms with Gasteiger partial charge in [0, 0.05) is 24.4 Å². The summed E-state index contributed by atoms with van der Waals surface area (Å²) < 4.78 is 34.5. The number of nitrogens with one attached hydrogen (secondary N) is 1. The maximum atomic E-state index is 13.3. The Kier molecular flexibility index (Phi) is 5.12. The topological polar surface area (TPSA) is 75.7 Å². The van der Waals surface area contributed by atoms with Crippen molar-refractivity contribution in [1.29, 1.82) is 0 Å². The first-order valence-electron chi connectivity index (χ1n) is 12.0. The number of hydrogen-bond donors (Lipinski definition) is 1. The number of nitrogens with zero attached hydrogens (tertiary/aromatic N) is 1. The highest BCUT2D eigenvalue weighted by atomic mass is 32.2. The average Bonchev–Trinajstić information content (AvgIpc) is 3.69. The lowest BCUT2D eigenvalue weighted by molar-refractivity contribution is -0.157. The van der Waals surface area contributed by atoms with Crippen LogP contribution in [-0.4, -0.2) is 55.8 Å². The molecule has 1 N–H and O–H groups in total. The summed E-state index contributed by atoms with van der Waals surface area (Å²) in [4.78, 5) is 15.2. The lowest BCUT2D eigenvalue weighted by Gasteiger charge is -2.34. The minimum atomic E-state index is -3.36. The molecule has 2 aromatic rings. The first-order valence-corrected chi connectivity index (χ1v) is 13.6. The largest absolute Gasteiger partial charge is 0.368 e. The summed E-state index contributed by atoms with van der Waals surface area (Å²) in [7, 11) is -3.36. The molecule has 2 aromatic carbocycles. The average molecular weight is 467 g/mol. The fourth-order valence-corrected chi connectivity index (χ4v) is 7.17. The van der Waals surface area contributed by atoms with Crippen LogP contribution in [0.1, 0.15) is 37.7 Å². The zero-order valence-corrected chi connectivity index (χ0v) is 19.5. The summed E-state index contributed by atoms with van der Waals surface area (Å²) in [6, 6.07) is 18.2. The highest BCUT2D eigenvalue weighted by molar-refractivity contribution is 7.90. The molecule has 1 unspecified atom stereocenters. The molecular weight excluding hydrogens is 436 g/mol. The Bertz CT molecular complexity index is 1150. The summed E-state index contributed by atoms with van der Waals surface area (Å²) in [5.41, 5.74) is 3.25. The fourth-order valence-electron chi connectivity index (χ4n) is 5.46. The van der Waals surface area contributed by atoms with Crippen LogP contribution in [0, 0.1) is 5.41 Å². The van der Waals surface area contributed by atoms with Crippen molar-refractivity contribution in [3.8, 4) is 11.1 Å². The van der Waals surface area contributed by atoms with E-state index in [0.717, 1.165) is 48.8 Å². The predicted octanol–water partition coefficient (Wildman–Crippen LogP) is 3.13. The standard InChI is InChI=1S/C26H30N2O4S/c29-25(23-11-14-32-23)28-17-26(12-13-26)24(27-33(30,31)21-9-10-21)22(28)16-18-5-4-8-20(15-18)19-6-2-1-3-7-19/h1-8,15,21-24,27H,9-14,16-17H2/t22-,23?,24+/m0/s1. The van der Waals surface area contributed by atoms with Gasteiger partial charge in [-0.3, -0.25) is 4.79 Å². The Hall–Kier alpha value is -2.22. The molecule has 4 aliphatic rings. The number of sulfonamides is 1. The Morgan fingerprint density at radius 2 is 1.76 bits per heavy atom. The predicted molar refractivity (Wildman–Crippen MR) is 126 cm³/mol. The van der Waals surface area contributed by atoms with Gasteiger partial charge in [0.25, 0.3) is 5.91 Å². The number of rotatable bonds is 7. The lowest BCUT2D eigenvalue weighted by atomic mass is 9.91. The third kappa shape index (κ3) is 4.00. The fraction of sp³-hybridized carbons (Fsp3) is 0.500. The first kappa shape index (κ1) is 21.3. The number of hydrogen-bond acceptors (Lipinski definition) is 4. The van der Waals surface area contributed by atoms with Gasteiger partial charge in [-0.2, -0.15) is 0 Å². The minimum absolute atomic E-state index is 0.0184. The number of likely N-dealkylation sites (tertiary alicyclic amines) is 1. The van der Waals surface area contributed by atoms with Crippen molar-refractivity contribution in [2.45, 2.75) is 62.0 Å². The first-order chi connectivity index (χ1) is 16.0. The minimum Gasteiger partial charge on any atom is -0.368 e. The van der Waals surface area contributed by atoms with Crippen LogP contribution in [0.25, 0.3) is 11.1 Å². The summed E-state index contributed by atoms with van der Waals surface area (Å²) in [5, 5.41) is -0.268. The normalized spacial score (nSPS) is 28.0. The summed E-state index contributed by atoms with van der Waals surface area (Å²) >= 11 is 0. The molecule has 0 bridgehead atoms. The Balaban J connectivity index is 1.32. The van der Waals surface area contributed by atoms with E-state index in [2.05, 4.69) is 35.1 Å². The van der Waals surface area contributed by atoms with Gasteiger partial charge in [0.05, 0.1) is 17.9 Å². The Labute approximate surface area is 195 Å². The number of ether oxygens (including phenoxy) is 1. The summed E-state index contributed by atoms with van der Waals surface area (Å²) in [5.74, 6) is 0.0184. The van der Waals surface area contributed by atoms with Crippen molar-refractivity contribution in [2.24, 2.45) is 5.41 Å². The Morgan fingerprint density at radius 1 is 1.03 bits per heavy atom. The van der Waals surface area contributed by atoms with Crippen molar-refractivity contribution in [3.63, 3.8) is 0 Å². The van der Waals surface area contributed by atoms with Crippen molar-refractivity contribution in [1.82, 2.24) is 9.62 Å². The molecule has 174 valence electrons. The van der Waals surface area contributed by atoms with E-state index in [1.54, 1.807) is 0 Å². The third-order valence-corrected chi connectivity index (χ3v) is 9.74. The van der Waals surface area contributed by atoms with E-state index in [9.17, 15) is 13.2 Å². The number of amides is 1. The van der Waals surface area contributed by atoms with E-state index < -0.39 is 10.0 Å². The van der Waals surface area contributed by atoms with Crippen LogP contribution in [0.4, 0.5) is 0 Å². The molecule has 2 aliphatic carbocycles. The van der Waals surface area contributed by atoms with Gasteiger partial charge >= 0.3 is 0 Å². The van der Waals surface area contributed by atoms with Gasteiger partial charge in [-0.05, 0) is 48.8 Å². The molecule has 0 radical (unpaired) electrons. The van der Waals surface area contributed by atoms with Crippen molar-refractivity contribution in [3.05, 3.63) is 60.2 Å². The molecule has 4 fully saturated rings. The second kappa shape index (κ2) is 7.93. The Morgan fingerprint density at radius 3 is 2.39 bits per heavy atom. The second-order valence-electron chi connectivity index (χ2n) is 10.2. The van der Waals surface area contributed by atoms with Crippen molar-refractivity contribution < 1.29 is 17.9 Å². The summed E-state index contributed by atoms with van der Waals surface area (Å²) in [6.07, 6.45) is 4.38. The van der Waals surface area contributed by atoms with E-state index in [0.29, 0.717) is 19.6 Å². The molecule has 1 amide bonds. The number of carbonyl (C=O) groups is 1. The van der Waals surface area contributed by atoms with E-state index in [4.69, 9.17) is 4.74 Å². The molecule has 3 atom stereocenters. The molecule has 2 saturated heterocycles. The van der Waals surface area contributed by atoms with Crippen LogP contribution >= 0.6 is 0 Å². The number of carbonyl (C=O) groups excluding carboxylic acids is 1. The van der Waals surface area contributed by atoms with Crippen LogP contribution in [0.3, 0.4) is 0 Å². The molecule has 7 heteroatoms. The van der Waals surface area contributed by atoms with E-state index in [1.165, 1.54) is 0 Å². The smallest absolute Gasteiger partial charge is 0.252 e. The van der Waals surface area contributed by atoms with Gasteiger partial charge in [-0.15, -0.1) is 0 Å². The quantitative estimate of drug-likeness (QED) is 0.680. The van der Waals surface area contributed by atoms with Gasteiger partial charge in [-0.25, -0.2) is 13.1 Å². The maximum absolute atomic E-state index is 13.3. The molecule has 0 aromatic heterocycles. The van der Waals surface area contributed by atoms with E-state index >= 15 is 0 Å². The molecule has 2 heterocycles. The van der Waals surface area contributed by atoms with E-state index in [1.807, 2.05) is 29.2 Å². The van der Waals surface area contributed by atoms with Crippen LogP contribution < -0.4 is 4.72 Å². The van der Waals surface area contributed by atoms with Gasteiger partial charge in [-0.1, -0.05) is 54.6 Å². The monoisotopic (exact) mass is 466 g/mol. The van der Waals surface area contributed by atoms with Crippen LogP contribution in [0.15, 0.2) is 54.6 Å². The molecule has 2 saturated carbocycles. The van der Waals surface area contributed by atoms with E-state index in [-0.39, 0.29) is 34.8 Å². The highest BCUT2D eigenvalue weighted by Crippen LogP contribution is 2.56. The zero-order chi connectivity index (χ0) is 22.6. The molecular formula is C26H30N2O4S. The van der Waals surface area contributed by atoms with Gasteiger partial charge < -0.3 is 9.64 Å². The summed E-state index contributed by atoms with van der Waals surface area (Å²) in [6.45, 7) is 1.24.